The van der Waals surface area contributed by atoms with Gasteiger partial charge in [0.2, 0.25) is 11.8 Å². The summed E-state index contributed by atoms with van der Waals surface area (Å²) in [6.45, 7) is 14.1. The molecule has 0 aromatic carbocycles. The molecule has 0 aliphatic carbocycles. The summed E-state index contributed by atoms with van der Waals surface area (Å²) in [6.07, 6.45) is 9.79. The monoisotopic (exact) mass is 485 g/mol. The Morgan fingerprint density at radius 2 is 1.12 bits per heavy atom. The molecule has 0 bridgehead atoms. The van der Waals surface area contributed by atoms with Crippen molar-refractivity contribution in [2.45, 2.75) is 84.1 Å². The number of primary amides is 1. The minimum absolute atomic E-state index is 0.0870. The van der Waals surface area contributed by atoms with Crippen LogP contribution in [0.1, 0.15) is 78.1 Å². The van der Waals surface area contributed by atoms with Crippen LogP contribution < -0.4 is 32.7 Å². The normalized spacial score (nSPS) is 12.1. The average Bonchev–Trinajstić information content (AvgIpc) is 2.83. The van der Waals surface area contributed by atoms with Gasteiger partial charge in [0, 0.05) is 19.5 Å². The van der Waals surface area contributed by atoms with Crippen LogP contribution in [0.15, 0.2) is 0 Å². The summed E-state index contributed by atoms with van der Waals surface area (Å²) in [5.74, 6) is -0.505. The lowest BCUT2D eigenvalue weighted by Crippen LogP contribution is -2.44. The Kier molecular flexibility index (Phi) is 23.9. The summed E-state index contributed by atoms with van der Waals surface area (Å²) in [4.78, 5) is 25.0. The standard InChI is InChI=1S/C25H55N7O2/c1-3-28-15-5-6-16-29-17-7-8-18-30-19-9-10-20-31-21-11-12-22-32(4-2)25(34)23(26)13-14-24(27)33/h23,28-31H,3-22,26H2,1-2H3,(H2,27,33). The summed E-state index contributed by atoms with van der Waals surface area (Å²) >= 11 is 0. The zero-order valence-corrected chi connectivity index (χ0v) is 22.1. The summed E-state index contributed by atoms with van der Waals surface area (Å²) in [7, 11) is 0. The molecule has 1 unspecified atom stereocenters. The van der Waals surface area contributed by atoms with Gasteiger partial charge in [0.05, 0.1) is 6.04 Å². The molecule has 0 aliphatic heterocycles. The van der Waals surface area contributed by atoms with Gasteiger partial charge in [-0.15, -0.1) is 0 Å². The first-order valence-electron chi connectivity index (χ1n) is 13.7. The van der Waals surface area contributed by atoms with Crippen molar-refractivity contribution in [2.75, 3.05) is 65.4 Å². The van der Waals surface area contributed by atoms with Crippen molar-refractivity contribution >= 4 is 11.8 Å². The van der Waals surface area contributed by atoms with Gasteiger partial charge in [-0.25, -0.2) is 0 Å². The number of nitrogens with one attached hydrogen (secondary N) is 4. The first kappa shape index (κ1) is 32.7. The molecule has 2 amide bonds. The molecule has 0 aromatic rings. The van der Waals surface area contributed by atoms with Gasteiger partial charge in [0.1, 0.15) is 0 Å². The van der Waals surface area contributed by atoms with Crippen molar-refractivity contribution in [1.82, 2.24) is 26.2 Å². The van der Waals surface area contributed by atoms with Crippen molar-refractivity contribution in [2.24, 2.45) is 11.5 Å². The molecule has 1 atom stereocenters. The van der Waals surface area contributed by atoms with Crippen LogP contribution in [0.4, 0.5) is 0 Å². The van der Waals surface area contributed by atoms with Gasteiger partial charge in [-0.2, -0.15) is 0 Å². The Hall–Kier alpha value is -1.26. The number of rotatable bonds is 26. The molecule has 9 heteroatoms. The number of hydrogen-bond donors (Lipinski definition) is 6. The molecule has 202 valence electrons. The van der Waals surface area contributed by atoms with E-state index in [-0.39, 0.29) is 12.3 Å². The second kappa shape index (κ2) is 24.9. The molecule has 0 saturated carbocycles. The van der Waals surface area contributed by atoms with Crippen LogP contribution in [0, 0.1) is 0 Å². The maximum Gasteiger partial charge on any atom is 0.239 e. The molecule has 0 fully saturated rings. The van der Waals surface area contributed by atoms with Crippen molar-refractivity contribution < 1.29 is 9.59 Å². The highest BCUT2D eigenvalue weighted by atomic mass is 16.2. The van der Waals surface area contributed by atoms with E-state index >= 15 is 0 Å². The maximum atomic E-state index is 12.3. The Morgan fingerprint density at radius 3 is 1.50 bits per heavy atom. The number of unbranched alkanes of at least 4 members (excludes halogenated alkanes) is 4. The highest BCUT2D eigenvalue weighted by Gasteiger charge is 2.19. The second-order valence-corrected chi connectivity index (χ2v) is 8.96. The predicted octanol–water partition coefficient (Wildman–Crippen LogP) is 0.927. The fourth-order valence-corrected chi connectivity index (χ4v) is 3.68. The summed E-state index contributed by atoms with van der Waals surface area (Å²) in [5, 5.41) is 13.9. The van der Waals surface area contributed by atoms with Gasteiger partial charge in [-0.3, -0.25) is 9.59 Å². The third kappa shape index (κ3) is 21.3. The summed E-state index contributed by atoms with van der Waals surface area (Å²) in [5.41, 5.74) is 11.0. The van der Waals surface area contributed by atoms with Crippen LogP contribution in [0.25, 0.3) is 0 Å². The van der Waals surface area contributed by atoms with E-state index in [1.807, 2.05) is 6.92 Å². The molecule has 0 saturated heterocycles. The molecule has 0 aliphatic rings. The lowest BCUT2D eigenvalue weighted by atomic mass is 10.1. The van der Waals surface area contributed by atoms with E-state index in [0.717, 1.165) is 65.2 Å². The van der Waals surface area contributed by atoms with Crippen LogP contribution in [0.3, 0.4) is 0 Å². The van der Waals surface area contributed by atoms with E-state index in [4.69, 9.17) is 11.5 Å². The van der Waals surface area contributed by atoms with E-state index in [2.05, 4.69) is 28.2 Å². The Bertz CT molecular complexity index is 480. The lowest BCUT2D eigenvalue weighted by Gasteiger charge is -2.24. The number of amides is 2. The fourth-order valence-electron chi connectivity index (χ4n) is 3.68. The SMILES string of the molecule is CCNCCCCNCCCCNCCCCNCCCCN(CC)C(=O)C(N)CCC(N)=O. The van der Waals surface area contributed by atoms with Crippen LogP contribution in [-0.2, 0) is 9.59 Å². The van der Waals surface area contributed by atoms with Gasteiger partial charge in [-0.05, 0) is 117 Å². The van der Waals surface area contributed by atoms with Gasteiger partial charge in [-0.1, -0.05) is 6.92 Å². The quantitative estimate of drug-likeness (QED) is 0.100. The van der Waals surface area contributed by atoms with Gasteiger partial charge in [0.25, 0.3) is 0 Å². The number of hydrogen-bond acceptors (Lipinski definition) is 7. The van der Waals surface area contributed by atoms with E-state index in [0.29, 0.717) is 19.5 Å². The van der Waals surface area contributed by atoms with E-state index in [1.54, 1.807) is 4.90 Å². The number of carbonyl (C=O) groups is 2. The number of likely N-dealkylation sites (N-methyl/N-ethyl adjacent to an activating group) is 1. The zero-order chi connectivity index (χ0) is 25.3. The van der Waals surface area contributed by atoms with E-state index in [1.165, 1.54) is 38.5 Å². The Labute approximate surface area is 208 Å². The third-order valence-corrected chi connectivity index (χ3v) is 5.87. The molecule has 34 heavy (non-hydrogen) atoms. The summed E-state index contributed by atoms with van der Waals surface area (Å²) < 4.78 is 0. The number of nitrogens with zero attached hydrogens (tertiary/aromatic N) is 1. The smallest absolute Gasteiger partial charge is 0.239 e. The van der Waals surface area contributed by atoms with Gasteiger partial charge in [0.15, 0.2) is 0 Å². The van der Waals surface area contributed by atoms with Crippen molar-refractivity contribution in [3.05, 3.63) is 0 Å². The van der Waals surface area contributed by atoms with Crippen molar-refractivity contribution in [3.8, 4) is 0 Å². The van der Waals surface area contributed by atoms with Crippen LogP contribution in [0.2, 0.25) is 0 Å². The largest absolute Gasteiger partial charge is 0.370 e. The predicted molar refractivity (Wildman–Crippen MR) is 143 cm³/mol. The molecular formula is C25H55N7O2. The number of nitrogens with two attached hydrogens (primary N) is 2. The molecule has 8 N–H and O–H groups in total. The highest BCUT2D eigenvalue weighted by Crippen LogP contribution is 2.03. The molecule has 0 rings (SSSR count). The first-order valence-corrected chi connectivity index (χ1v) is 13.7. The Morgan fingerprint density at radius 1 is 0.706 bits per heavy atom. The molecule has 0 heterocycles. The molecule has 0 radical (unpaired) electrons. The lowest BCUT2D eigenvalue weighted by molar-refractivity contribution is -0.132. The minimum atomic E-state index is -0.640. The minimum Gasteiger partial charge on any atom is -0.370 e. The Balaban J connectivity index is 3.39. The number of carbonyl (C=O) groups excluding carboxylic acids is 2. The van der Waals surface area contributed by atoms with E-state index < -0.39 is 11.9 Å². The van der Waals surface area contributed by atoms with Crippen LogP contribution >= 0.6 is 0 Å². The van der Waals surface area contributed by atoms with E-state index in [9.17, 15) is 9.59 Å². The highest BCUT2D eigenvalue weighted by molar-refractivity contribution is 5.82. The maximum absolute atomic E-state index is 12.3. The topological polar surface area (TPSA) is 138 Å². The molecular weight excluding hydrogens is 430 g/mol. The van der Waals surface area contributed by atoms with Crippen molar-refractivity contribution in [1.29, 1.82) is 0 Å². The average molecular weight is 486 g/mol. The zero-order valence-electron chi connectivity index (χ0n) is 22.1. The molecule has 0 spiro atoms. The molecule has 9 nitrogen and oxygen atoms in total. The molecule has 0 aromatic heterocycles. The first-order chi connectivity index (χ1) is 16.5. The van der Waals surface area contributed by atoms with Crippen LogP contribution in [0.5, 0.6) is 0 Å². The fraction of sp³-hybridized carbons (Fsp3) is 0.920. The van der Waals surface area contributed by atoms with Gasteiger partial charge < -0.3 is 37.6 Å². The second-order valence-electron chi connectivity index (χ2n) is 8.96. The van der Waals surface area contributed by atoms with Gasteiger partial charge >= 0.3 is 0 Å². The van der Waals surface area contributed by atoms with Crippen LogP contribution in [-0.4, -0.2) is 88.2 Å². The third-order valence-electron chi connectivity index (χ3n) is 5.87. The van der Waals surface area contributed by atoms with Crippen molar-refractivity contribution in [3.63, 3.8) is 0 Å². The summed E-state index contributed by atoms with van der Waals surface area (Å²) in [6, 6.07) is -0.640.